The Balaban J connectivity index is 1.74. The highest BCUT2D eigenvalue weighted by atomic mass is 16.2. The molecule has 3 N–H and O–H groups in total. The second kappa shape index (κ2) is 6.39. The van der Waals surface area contributed by atoms with Gasteiger partial charge in [-0.3, -0.25) is 0 Å². The normalized spacial score (nSPS) is 11.3. The molecule has 1 heterocycles. The number of hydrogen-bond acceptors (Lipinski definition) is 3. The number of rotatable bonds is 4. The number of allylic oxidation sites excluding steroid dienone is 1. The Morgan fingerprint density at radius 2 is 1.88 bits per heavy atom. The summed E-state index contributed by atoms with van der Waals surface area (Å²) >= 11 is 0. The van der Waals surface area contributed by atoms with E-state index in [4.69, 9.17) is 0 Å². The van der Waals surface area contributed by atoms with E-state index in [9.17, 15) is 4.79 Å². The molecular formula is C19H21N5O. The Hall–Kier alpha value is -3.15. The van der Waals surface area contributed by atoms with Gasteiger partial charge in [0.15, 0.2) is 0 Å². The molecule has 2 amide bonds. The molecular weight excluding hydrogens is 314 g/mol. The van der Waals surface area contributed by atoms with Gasteiger partial charge in [0.25, 0.3) is 0 Å². The van der Waals surface area contributed by atoms with Gasteiger partial charge in [-0.15, -0.1) is 0 Å². The van der Waals surface area contributed by atoms with Crippen LogP contribution in [0.2, 0.25) is 0 Å². The van der Waals surface area contributed by atoms with E-state index in [0.717, 1.165) is 22.2 Å². The predicted molar refractivity (Wildman–Crippen MR) is 100 cm³/mol. The fourth-order valence-electron chi connectivity index (χ4n) is 2.61. The number of nitrogens with zero attached hydrogens (tertiary/aromatic N) is 2. The molecule has 0 saturated carbocycles. The van der Waals surface area contributed by atoms with Crippen molar-refractivity contribution in [2.24, 2.45) is 0 Å². The Morgan fingerprint density at radius 3 is 2.64 bits per heavy atom. The van der Waals surface area contributed by atoms with Crippen LogP contribution in [0.5, 0.6) is 0 Å². The predicted octanol–water partition coefficient (Wildman–Crippen LogP) is 4.05. The topological polar surface area (TPSA) is 82.7 Å². The molecule has 0 aliphatic carbocycles. The van der Waals surface area contributed by atoms with Gasteiger partial charge in [-0.2, -0.15) is 15.4 Å². The minimum Gasteiger partial charge on any atom is -0.329 e. The summed E-state index contributed by atoms with van der Waals surface area (Å²) in [5.41, 5.74) is 4.63. The summed E-state index contributed by atoms with van der Waals surface area (Å²) in [5, 5.41) is 16.4. The lowest BCUT2D eigenvalue weighted by molar-refractivity contribution is 0.242. The molecule has 0 spiro atoms. The lowest BCUT2D eigenvalue weighted by Gasteiger charge is -2.27. The number of carbonyl (C=O) groups is 1. The van der Waals surface area contributed by atoms with E-state index in [0.29, 0.717) is 11.2 Å². The number of aromatic amines is 1. The van der Waals surface area contributed by atoms with Gasteiger partial charge in [0.1, 0.15) is 11.0 Å². The maximum Gasteiger partial charge on any atom is 0.319 e. The van der Waals surface area contributed by atoms with Crippen molar-refractivity contribution in [3.05, 3.63) is 60.2 Å². The van der Waals surface area contributed by atoms with E-state index in [1.54, 1.807) is 18.2 Å². The van der Waals surface area contributed by atoms with Crippen LogP contribution in [-0.2, 0) is 5.54 Å². The quantitative estimate of drug-likeness (QED) is 0.672. The fourth-order valence-corrected chi connectivity index (χ4v) is 2.61. The van der Waals surface area contributed by atoms with Crippen LogP contribution < -0.4 is 10.6 Å². The average molecular weight is 335 g/mol. The van der Waals surface area contributed by atoms with Crippen molar-refractivity contribution in [3.63, 3.8) is 0 Å². The van der Waals surface area contributed by atoms with E-state index in [2.05, 4.69) is 32.6 Å². The van der Waals surface area contributed by atoms with Gasteiger partial charge >= 0.3 is 6.03 Å². The zero-order valence-corrected chi connectivity index (χ0v) is 14.6. The van der Waals surface area contributed by atoms with Gasteiger partial charge in [-0.05, 0) is 56.2 Å². The first kappa shape index (κ1) is 16.7. The summed E-state index contributed by atoms with van der Waals surface area (Å²) < 4.78 is 0. The number of hydrogen-bond donors (Lipinski definition) is 3. The van der Waals surface area contributed by atoms with Gasteiger partial charge < -0.3 is 10.6 Å². The number of anilines is 1. The highest BCUT2D eigenvalue weighted by Crippen LogP contribution is 2.24. The Labute approximate surface area is 146 Å². The summed E-state index contributed by atoms with van der Waals surface area (Å²) in [6, 6.07) is 13.1. The van der Waals surface area contributed by atoms with Crippen LogP contribution in [0.25, 0.3) is 16.6 Å². The van der Waals surface area contributed by atoms with E-state index < -0.39 is 5.54 Å². The third-order valence-electron chi connectivity index (χ3n) is 4.08. The first-order valence-electron chi connectivity index (χ1n) is 8.01. The van der Waals surface area contributed by atoms with Crippen molar-refractivity contribution in [1.29, 1.82) is 0 Å². The summed E-state index contributed by atoms with van der Waals surface area (Å²) in [7, 11) is 0. The first-order chi connectivity index (χ1) is 11.8. The highest BCUT2D eigenvalue weighted by Gasteiger charge is 2.23. The number of carbonyl (C=O) groups excluding carboxylic acids is 1. The fraction of sp³-hybridized carbons (Fsp3) is 0.211. The zero-order valence-electron chi connectivity index (χ0n) is 14.6. The highest BCUT2D eigenvalue weighted by molar-refractivity contribution is 5.92. The minimum atomic E-state index is -0.534. The van der Waals surface area contributed by atoms with Gasteiger partial charge in [0.05, 0.1) is 5.54 Å². The molecule has 0 aliphatic heterocycles. The Morgan fingerprint density at radius 1 is 1.12 bits per heavy atom. The van der Waals surface area contributed by atoms with E-state index in [-0.39, 0.29) is 6.03 Å². The van der Waals surface area contributed by atoms with Crippen LogP contribution >= 0.6 is 0 Å². The SMILES string of the molecule is C=C(C)c1cccc(C(C)(C)NC(=O)Nc2ccc3n[nH]nc3c2)c1. The number of benzene rings is 2. The molecule has 0 fully saturated rings. The lowest BCUT2D eigenvalue weighted by Crippen LogP contribution is -2.43. The number of H-pyrrole nitrogens is 1. The van der Waals surface area contributed by atoms with Crippen LogP contribution in [-0.4, -0.2) is 21.4 Å². The van der Waals surface area contributed by atoms with Crippen LogP contribution in [0.4, 0.5) is 10.5 Å². The first-order valence-corrected chi connectivity index (χ1v) is 8.01. The van der Waals surface area contributed by atoms with Crippen molar-refractivity contribution in [1.82, 2.24) is 20.7 Å². The molecule has 3 rings (SSSR count). The molecule has 1 aromatic heterocycles. The third kappa shape index (κ3) is 3.68. The standard InChI is InChI=1S/C19H21N5O/c1-12(2)13-6-5-7-14(10-13)19(3,4)21-18(25)20-15-8-9-16-17(11-15)23-24-22-16/h5-11H,1H2,2-4H3,(H2,20,21,25)(H,22,23,24). The Bertz CT molecular complexity index is 942. The molecule has 128 valence electrons. The summed E-state index contributed by atoms with van der Waals surface area (Å²) in [6.45, 7) is 9.86. The molecule has 6 heteroatoms. The second-order valence-corrected chi connectivity index (χ2v) is 6.59. The van der Waals surface area contributed by atoms with Crippen LogP contribution in [0.3, 0.4) is 0 Å². The molecule has 2 aromatic carbocycles. The molecule has 25 heavy (non-hydrogen) atoms. The summed E-state index contributed by atoms with van der Waals surface area (Å²) in [5.74, 6) is 0. The minimum absolute atomic E-state index is 0.284. The lowest BCUT2D eigenvalue weighted by atomic mass is 9.92. The van der Waals surface area contributed by atoms with Crippen molar-refractivity contribution < 1.29 is 4.79 Å². The largest absolute Gasteiger partial charge is 0.329 e. The van der Waals surface area contributed by atoms with Gasteiger partial charge in [-0.1, -0.05) is 30.4 Å². The second-order valence-electron chi connectivity index (χ2n) is 6.59. The molecule has 3 aromatic rings. The van der Waals surface area contributed by atoms with E-state index >= 15 is 0 Å². The smallest absolute Gasteiger partial charge is 0.319 e. The molecule has 0 atom stereocenters. The van der Waals surface area contributed by atoms with Gasteiger partial charge in [0.2, 0.25) is 0 Å². The van der Waals surface area contributed by atoms with Gasteiger partial charge in [-0.25, -0.2) is 4.79 Å². The van der Waals surface area contributed by atoms with Crippen molar-refractivity contribution in [2.45, 2.75) is 26.3 Å². The molecule has 0 aliphatic rings. The zero-order chi connectivity index (χ0) is 18.0. The number of nitrogens with one attached hydrogen (secondary N) is 3. The molecule has 0 radical (unpaired) electrons. The molecule has 0 bridgehead atoms. The van der Waals surface area contributed by atoms with Crippen molar-refractivity contribution in [2.75, 3.05) is 5.32 Å². The van der Waals surface area contributed by atoms with Crippen LogP contribution in [0, 0.1) is 0 Å². The van der Waals surface area contributed by atoms with Crippen molar-refractivity contribution >= 4 is 28.3 Å². The number of fused-ring (bicyclic) bond motifs is 1. The van der Waals surface area contributed by atoms with E-state index in [1.807, 2.05) is 45.0 Å². The maximum atomic E-state index is 12.4. The van der Waals surface area contributed by atoms with Gasteiger partial charge in [0, 0.05) is 5.69 Å². The monoisotopic (exact) mass is 335 g/mol. The molecule has 0 unspecified atom stereocenters. The van der Waals surface area contributed by atoms with Crippen molar-refractivity contribution in [3.8, 4) is 0 Å². The maximum absolute atomic E-state index is 12.4. The summed E-state index contributed by atoms with van der Waals surface area (Å²) in [6.07, 6.45) is 0. The Kier molecular flexibility index (Phi) is 4.27. The number of urea groups is 1. The third-order valence-corrected chi connectivity index (χ3v) is 4.08. The number of amides is 2. The van der Waals surface area contributed by atoms with Crippen LogP contribution in [0.1, 0.15) is 31.9 Å². The summed E-state index contributed by atoms with van der Waals surface area (Å²) in [4.78, 5) is 12.4. The average Bonchev–Trinajstić information content (AvgIpc) is 3.02. The number of aromatic nitrogens is 3. The molecule has 6 nitrogen and oxygen atoms in total. The molecule has 0 saturated heterocycles. The van der Waals surface area contributed by atoms with E-state index in [1.165, 1.54) is 0 Å². The van der Waals surface area contributed by atoms with Crippen LogP contribution in [0.15, 0.2) is 49.0 Å².